The van der Waals surface area contributed by atoms with Crippen LogP contribution < -0.4 is 5.32 Å². The molecule has 0 saturated carbocycles. The molecule has 5 nitrogen and oxygen atoms in total. The molecule has 0 fully saturated rings. The van der Waals surface area contributed by atoms with Crippen molar-refractivity contribution in [3.8, 4) is 0 Å². The number of benzene rings is 2. The van der Waals surface area contributed by atoms with Gasteiger partial charge >= 0.3 is 5.97 Å². The largest absolute Gasteiger partial charge is 0.456 e. The molecule has 130 valence electrons. The van der Waals surface area contributed by atoms with Gasteiger partial charge in [0.2, 0.25) is 0 Å². The molecule has 1 N–H and O–H groups in total. The molecule has 2 rings (SSSR count). The Kier molecular flexibility index (Phi) is 6.25. The van der Waals surface area contributed by atoms with E-state index < -0.39 is 36.1 Å². The normalized spacial score (nSPS) is 11.5. The second kappa shape index (κ2) is 8.39. The van der Waals surface area contributed by atoms with Crippen LogP contribution in [0.15, 0.2) is 48.5 Å². The quantitative estimate of drug-likeness (QED) is 0.632. The highest BCUT2D eigenvalue weighted by molar-refractivity contribution is 6.30. The molecular weight excluding hydrogens is 349 g/mol. The van der Waals surface area contributed by atoms with Crippen molar-refractivity contribution < 1.29 is 23.5 Å². The number of carbonyl (C=O) groups excluding carboxylic acids is 3. The fraction of sp³-hybridized carbons (Fsp3) is 0.167. The average Bonchev–Trinajstić information content (AvgIpc) is 2.59. The summed E-state index contributed by atoms with van der Waals surface area (Å²) in [5.74, 6) is -2.34. The fourth-order valence-corrected chi connectivity index (χ4v) is 2.07. The number of amides is 1. The Labute approximate surface area is 148 Å². The summed E-state index contributed by atoms with van der Waals surface area (Å²) < 4.78 is 17.9. The molecule has 2 aromatic carbocycles. The maximum atomic E-state index is 13.1. The first kappa shape index (κ1) is 18.6. The molecular formula is C18H15ClFNO4. The summed E-state index contributed by atoms with van der Waals surface area (Å²) >= 11 is 5.74. The predicted molar refractivity (Wildman–Crippen MR) is 90.1 cm³/mol. The summed E-state index contributed by atoms with van der Waals surface area (Å²) in [4.78, 5) is 35.7. The van der Waals surface area contributed by atoms with Crippen molar-refractivity contribution in [2.24, 2.45) is 0 Å². The molecule has 0 unspecified atom stereocenters. The monoisotopic (exact) mass is 363 g/mol. The Hall–Kier alpha value is -2.73. The van der Waals surface area contributed by atoms with Crippen LogP contribution in [0.1, 0.15) is 27.6 Å². The van der Waals surface area contributed by atoms with Crippen molar-refractivity contribution in [2.45, 2.75) is 13.0 Å². The lowest BCUT2D eigenvalue weighted by Gasteiger charge is -2.13. The van der Waals surface area contributed by atoms with Gasteiger partial charge in [-0.05, 0) is 43.3 Å². The summed E-state index contributed by atoms with van der Waals surface area (Å²) in [6.45, 7) is 0.895. The third kappa shape index (κ3) is 5.39. The van der Waals surface area contributed by atoms with Gasteiger partial charge in [0.05, 0.1) is 0 Å². The number of ketones is 1. The summed E-state index contributed by atoms with van der Waals surface area (Å²) in [6, 6.07) is 10.3. The number of hydrogen-bond acceptors (Lipinski definition) is 4. The van der Waals surface area contributed by atoms with Crippen molar-refractivity contribution in [3.63, 3.8) is 0 Å². The number of halogens is 2. The van der Waals surface area contributed by atoms with Gasteiger partial charge in [0.15, 0.2) is 12.4 Å². The van der Waals surface area contributed by atoms with Crippen LogP contribution in [0.2, 0.25) is 5.02 Å². The van der Waals surface area contributed by atoms with Gasteiger partial charge in [0.1, 0.15) is 11.9 Å². The van der Waals surface area contributed by atoms with E-state index >= 15 is 0 Å². The van der Waals surface area contributed by atoms with E-state index in [4.69, 9.17) is 16.3 Å². The van der Waals surface area contributed by atoms with Gasteiger partial charge in [-0.25, -0.2) is 9.18 Å². The van der Waals surface area contributed by atoms with Crippen LogP contribution in [0, 0.1) is 5.82 Å². The van der Waals surface area contributed by atoms with Gasteiger partial charge in [0.25, 0.3) is 5.91 Å². The third-order valence-electron chi connectivity index (χ3n) is 3.30. The number of carbonyl (C=O) groups is 3. The van der Waals surface area contributed by atoms with E-state index in [9.17, 15) is 18.8 Å². The van der Waals surface area contributed by atoms with Crippen LogP contribution in [0.4, 0.5) is 4.39 Å². The summed E-state index contributed by atoms with van der Waals surface area (Å²) in [6.07, 6.45) is 0. The molecule has 0 aliphatic carbocycles. The number of rotatable bonds is 6. The molecule has 0 aromatic heterocycles. The van der Waals surface area contributed by atoms with Crippen LogP contribution in [0.3, 0.4) is 0 Å². The highest BCUT2D eigenvalue weighted by atomic mass is 35.5. The maximum absolute atomic E-state index is 13.1. The van der Waals surface area contributed by atoms with Crippen LogP contribution >= 0.6 is 11.6 Å². The first-order chi connectivity index (χ1) is 11.9. The Morgan fingerprint density at radius 1 is 1.12 bits per heavy atom. The SMILES string of the molecule is C[C@H](NC(=O)c1ccc(Cl)cc1)C(=O)OCC(=O)c1cccc(F)c1. The van der Waals surface area contributed by atoms with E-state index in [-0.39, 0.29) is 5.56 Å². The minimum absolute atomic E-state index is 0.102. The van der Waals surface area contributed by atoms with E-state index in [1.807, 2.05) is 0 Å². The van der Waals surface area contributed by atoms with Crippen molar-refractivity contribution in [3.05, 3.63) is 70.5 Å². The van der Waals surface area contributed by atoms with Gasteiger partial charge in [-0.2, -0.15) is 0 Å². The molecule has 0 spiro atoms. The zero-order chi connectivity index (χ0) is 18.4. The third-order valence-corrected chi connectivity index (χ3v) is 3.55. The van der Waals surface area contributed by atoms with E-state index in [1.54, 1.807) is 12.1 Å². The lowest BCUT2D eigenvalue weighted by molar-refractivity contribution is -0.144. The van der Waals surface area contributed by atoms with Crippen molar-refractivity contribution in [2.75, 3.05) is 6.61 Å². The highest BCUT2D eigenvalue weighted by Gasteiger charge is 2.19. The number of ether oxygens (including phenoxy) is 1. The molecule has 7 heteroatoms. The fourth-order valence-electron chi connectivity index (χ4n) is 1.95. The molecule has 0 heterocycles. The van der Waals surface area contributed by atoms with E-state index in [1.165, 1.54) is 37.3 Å². The second-order valence-electron chi connectivity index (χ2n) is 5.24. The molecule has 2 aromatic rings. The van der Waals surface area contributed by atoms with Gasteiger partial charge in [0, 0.05) is 16.1 Å². The van der Waals surface area contributed by atoms with Crippen molar-refractivity contribution >= 4 is 29.3 Å². The lowest BCUT2D eigenvalue weighted by Crippen LogP contribution is -2.40. The molecule has 0 radical (unpaired) electrons. The number of Topliss-reactive ketones (excluding diaryl/α,β-unsaturated/α-hetero) is 1. The summed E-state index contributed by atoms with van der Waals surface area (Å²) in [5, 5.41) is 2.95. The van der Waals surface area contributed by atoms with Crippen LogP contribution in [-0.4, -0.2) is 30.3 Å². The van der Waals surface area contributed by atoms with E-state index in [0.717, 1.165) is 6.07 Å². The van der Waals surface area contributed by atoms with Crippen LogP contribution in [0.25, 0.3) is 0 Å². The Balaban J connectivity index is 1.86. The first-order valence-corrected chi connectivity index (χ1v) is 7.76. The highest BCUT2D eigenvalue weighted by Crippen LogP contribution is 2.10. The Bertz CT molecular complexity index is 792. The average molecular weight is 364 g/mol. The molecule has 25 heavy (non-hydrogen) atoms. The van der Waals surface area contributed by atoms with Gasteiger partial charge in [-0.3, -0.25) is 9.59 Å². The smallest absolute Gasteiger partial charge is 0.328 e. The predicted octanol–water partition coefficient (Wildman–Crippen LogP) is 3.02. The zero-order valence-electron chi connectivity index (χ0n) is 13.3. The standard InChI is InChI=1S/C18H15ClFNO4/c1-11(21-17(23)12-5-7-14(19)8-6-12)18(24)25-10-16(22)13-3-2-4-15(20)9-13/h2-9,11H,10H2,1H3,(H,21,23)/t11-/m0/s1. The second-order valence-corrected chi connectivity index (χ2v) is 5.68. The summed E-state index contributed by atoms with van der Waals surface area (Å²) in [5.41, 5.74) is 0.436. The summed E-state index contributed by atoms with van der Waals surface area (Å²) in [7, 11) is 0. The van der Waals surface area contributed by atoms with Crippen LogP contribution in [-0.2, 0) is 9.53 Å². The van der Waals surface area contributed by atoms with Crippen molar-refractivity contribution in [1.29, 1.82) is 0 Å². The van der Waals surface area contributed by atoms with Gasteiger partial charge < -0.3 is 10.1 Å². The minimum Gasteiger partial charge on any atom is -0.456 e. The zero-order valence-corrected chi connectivity index (χ0v) is 14.0. The molecule has 1 amide bonds. The minimum atomic E-state index is -0.955. The van der Waals surface area contributed by atoms with Gasteiger partial charge in [-0.15, -0.1) is 0 Å². The molecule has 0 saturated heterocycles. The first-order valence-electron chi connectivity index (χ1n) is 7.38. The molecule has 1 atom stereocenters. The maximum Gasteiger partial charge on any atom is 0.328 e. The van der Waals surface area contributed by atoms with Crippen LogP contribution in [0.5, 0.6) is 0 Å². The molecule has 0 aliphatic heterocycles. The van der Waals surface area contributed by atoms with Crippen molar-refractivity contribution in [1.82, 2.24) is 5.32 Å². The van der Waals surface area contributed by atoms with Gasteiger partial charge in [-0.1, -0.05) is 23.7 Å². The molecule has 0 aliphatic rings. The number of nitrogens with one attached hydrogen (secondary N) is 1. The Morgan fingerprint density at radius 3 is 2.44 bits per heavy atom. The topological polar surface area (TPSA) is 72.5 Å². The number of hydrogen-bond donors (Lipinski definition) is 1. The van der Waals surface area contributed by atoms with E-state index in [2.05, 4.69) is 5.32 Å². The van der Waals surface area contributed by atoms with E-state index in [0.29, 0.717) is 10.6 Å². The Morgan fingerprint density at radius 2 is 1.80 bits per heavy atom. The number of esters is 1. The molecule has 0 bridgehead atoms. The lowest BCUT2D eigenvalue weighted by atomic mass is 10.1.